The van der Waals surface area contributed by atoms with Crippen LogP contribution in [0.15, 0.2) is 34.2 Å². The molecule has 0 spiro atoms. The summed E-state index contributed by atoms with van der Waals surface area (Å²) >= 11 is 1.36. The molecule has 1 saturated carbocycles. The molecule has 1 aromatic carbocycles. The number of para-hydroxylation sites is 1. The lowest BCUT2D eigenvalue weighted by Crippen LogP contribution is -2.38. The standard InChI is InChI=1S/C18H23N3O2S/c1-3-21-17(23)14-10-6-7-11-15(14)20-18(21)24-12(2)16(22)19-13-8-4-5-9-13/h6-7,10-13H,3-5,8-9H2,1-2H3,(H,19,22). The van der Waals surface area contributed by atoms with Crippen LogP contribution in [-0.4, -0.2) is 26.8 Å². The van der Waals surface area contributed by atoms with Crippen LogP contribution in [0.25, 0.3) is 10.9 Å². The van der Waals surface area contributed by atoms with Crippen molar-refractivity contribution < 1.29 is 4.79 Å². The van der Waals surface area contributed by atoms with E-state index >= 15 is 0 Å². The lowest BCUT2D eigenvalue weighted by Gasteiger charge is -2.18. The van der Waals surface area contributed by atoms with E-state index in [0.29, 0.717) is 28.6 Å². The smallest absolute Gasteiger partial charge is 0.262 e. The molecule has 1 unspecified atom stereocenters. The number of thioether (sulfide) groups is 1. The summed E-state index contributed by atoms with van der Waals surface area (Å²) < 4.78 is 1.65. The van der Waals surface area contributed by atoms with Gasteiger partial charge in [0.25, 0.3) is 5.56 Å². The molecule has 6 heteroatoms. The Morgan fingerprint density at radius 1 is 1.38 bits per heavy atom. The summed E-state index contributed by atoms with van der Waals surface area (Å²) in [6, 6.07) is 7.65. The van der Waals surface area contributed by atoms with Gasteiger partial charge in [-0.25, -0.2) is 4.98 Å². The maximum Gasteiger partial charge on any atom is 0.262 e. The Morgan fingerprint density at radius 3 is 2.79 bits per heavy atom. The average Bonchev–Trinajstić information content (AvgIpc) is 3.08. The first kappa shape index (κ1) is 17.0. The lowest BCUT2D eigenvalue weighted by atomic mass is 10.2. The van der Waals surface area contributed by atoms with Gasteiger partial charge >= 0.3 is 0 Å². The predicted octanol–water partition coefficient (Wildman–Crippen LogP) is 2.96. The summed E-state index contributed by atoms with van der Waals surface area (Å²) in [5.74, 6) is 0.0250. The largest absolute Gasteiger partial charge is 0.352 e. The van der Waals surface area contributed by atoms with Crippen molar-refractivity contribution in [1.29, 1.82) is 0 Å². The van der Waals surface area contributed by atoms with E-state index in [1.54, 1.807) is 10.6 Å². The van der Waals surface area contributed by atoms with E-state index in [2.05, 4.69) is 10.3 Å². The second-order valence-corrected chi connectivity index (χ2v) is 7.52. The first-order valence-electron chi connectivity index (χ1n) is 8.56. The van der Waals surface area contributed by atoms with Gasteiger partial charge in [-0.2, -0.15) is 0 Å². The molecule has 0 aliphatic heterocycles. The normalized spacial score (nSPS) is 16.4. The van der Waals surface area contributed by atoms with E-state index in [1.165, 1.54) is 24.6 Å². The van der Waals surface area contributed by atoms with Crippen LogP contribution < -0.4 is 10.9 Å². The van der Waals surface area contributed by atoms with Crippen LogP contribution in [-0.2, 0) is 11.3 Å². The van der Waals surface area contributed by atoms with E-state index in [0.717, 1.165) is 12.8 Å². The van der Waals surface area contributed by atoms with E-state index < -0.39 is 0 Å². The van der Waals surface area contributed by atoms with E-state index in [9.17, 15) is 9.59 Å². The highest BCUT2D eigenvalue weighted by Gasteiger charge is 2.23. The number of rotatable bonds is 5. The highest BCUT2D eigenvalue weighted by molar-refractivity contribution is 8.00. The van der Waals surface area contributed by atoms with Crippen molar-refractivity contribution in [1.82, 2.24) is 14.9 Å². The van der Waals surface area contributed by atoms with Crippen LogP contribution in [0, 0.1) is 0 Å². The molecule has 1 amide bonds. The van der Waals surface area contributed by atoms with Gasteiger partial charge in [0.15, 0.2) is 5.16 Å². The monoisotopic (exact) mass is 345 g/mol. The Hall–Kier alpha value is -1.82. The van der Waals surface area contributed by atoms with Crippen molar-refractivity contribution in [2.45, 2.75) is 62.5 Å². The predicted molar refractivity (Wildman–Crippen MR) is 97.4 cm³/mol. The minimum Gasteiger partial charge on any atom is -0.352 e. The summed E-state index contributed by atoms with van der Waals surface area (Å²) in [6.45, 7) is 4.33. The van der Waals surface area contributed by atoms with Crippen LogP contribution in [0.5, 0.6) is 0 Å². The third-order valence-electron chi connectivity index (χ3n) is 4.50. The number of carbonyl (C=O) groups excluding carboxylic acids is 1. The molecule has 0 radical (unpaired) electrons. The number of fused-ring (bicyclic) bond motifs is 1. The van der Waals surface area contributed by atoms with Crippen molar-refractivity contribution in [3.63, 3.8) is 0 Å². The fourth-order valence-electron chi connectivity index (χ4n) is 3.12. The van der Waals surface area contributed by atoms with Crippen LogP contribution >= 0.6 is 11.8 Å². The first-order chi connectivity index (χ1) is 11.6. The summed E-state index contributed by atoms with van der Waals surface area (Å²) in [4.78, 5) is 29.6. The highest BCUT2D eigenvalue weighted by Crippen LogP contribution is 2.24. The molecule has 1 heterocycles. The van der Waals surface area contributed by atoms with Crippen LogP contribution in [0.1, 0.15) is 39.5 Å². The van der Waals surface area contributed by atoms with Crippen molar-refractivity contribution in [3.05, 3.63) is 34.6 Å². The molecule has 5 nitrogen and oxygen atoms in total. The zero-order chi connectivity index (χ0) is 17.1. The molecular weight excluding hydrogens is 322 g/mol. The lowest BCUT2D eigenvalue weighted by molar-refractivity contribution is -0.120. The van der Waals surface area contributed by atoms with Gasteiger partial charge in [0.05, 0.1) is 16.2 Å². The Bertz CT molecular complexity index is 796. The number of hydrogen-bond donors (Lipinski definition) is 1. The van der Waals surface area contributed by atoms with Crippen LogP contribution in [0.4, 0.5) is 0 Å². The molecule has 24 heavy (non-hydrogen) atoms. The van der Waals surface area contributed by atoms with Gasteiger partial charge in [-0.05, 0) is 38.8 Å². The van der Waals surface area contributed by atoms with Crippen molar-refractivity contribution in [3.8, 4) is 0 Å². The molecule has 1 fully saturated rings. The van der Waals surface area contributed by atoms with Crippen molar-refractivity contribution in [2.75, 3.05) is 0 Å². The fourth-order valence-corrected chi connectivity index (χ4v) is 4.10. The van der Waals surface area contributed by atoms with Gasteiger partial charge in [-0.1, -0.05) is 36.7 Å². The number of amides is 1. The zero-order valence-electron chi connectivity index (χ0n) is 14.1. The summed E-state index contributed by atoms with van der Waals surface area (Å²) in [7, 11) is 0. The number of nitrogens with one attached hydrogen (secondary N) is 1. The quantitative estimate of drug-likeness (QED) is 0.668. The molecule has 3 rings (SSSR count). The number of carbonyl (C=O) groups is 1. The first-order valence-corrected chi connectivity index (χ1v) is 9.44. The summed E-state index contributed by atoms with van der Waals surface area (Å²) in [6.07, 6.45) is 4.51. The molecule has 2 aromatic rings. The maximum atomic E-state index is 12.6. The van der Waals surface area contributed by atoms with Gasteiger partial charge in [0.1, 0.15) is 0 Å². The number of nitrogens with zero attached hydrogens (tertiary/aromatic N) is 2. The van der Waals surface area contributed by atoms with Gasteiger partial charge in [0.2, 0.25) is 5.91 Å². The number of hydrogen-bond acceptors (Lipinski definition) is 4. The Morgan fingerprint density at radius 2 is 2.08 bits per heavy atom. The molecular formula is C18H23N3O2S. The molecule has 1 aliphatic carbocycles. The number of aromatic nitrogens is 2. The van der Waals surface area contributed by atoms with Crippen LogP contribution in [0.3, 0.4) is 0 Å². The van der Waals surface area contributed by atoms with E-state index in [1.807, 2.05) is 32.0 Å². The van der Waals surface area contributed by atoms with Gasteiger partial charge in [-0.3, -0.25) is 14.2 Å². The second-order valence-electron chi connectivity index (χ2n) is 6.21. The minimum absolute atomic E-state index is 0.0250. The van der Waals surface area contributed by atoms with Gasteiger partial charge in [0, 0.05) is 12.6 Å². The van der Waals surface area contributed by atoms with E-state index in [4.69, 9.17) is 0 Å². The summed E-state index contributed by atoms with van der Waals surface area (Å²) in [5.41, 5.74) is 0.632. The van der Waals surface area contributed by atoms with E-state index in [-0.39, 0.29) is 16.7 Å². The van der Waals surface area contributed by atoms with Gasteiger partial charge < -0.3 is 5.32 Å². The fraction of sp³-hybridized carbons (Fsp3) is 0.500. The average molecular weight is 345 g/mol. The van der Waals surface area contributed by atoms with Crippen molar-refractivity contribution in [2.24, 2.45) is 0 Å². The minimum atomic E-state index is -0.281. The molecule has 128 valence electrons. The van der Waals surface area contributed by atoms with Crippen molar-refractivity contribution >= 4 is 28.6 Å². The van der Waals surface area contributed by atoms with Crippen LogP contribution in [0.2, 0.25) is 0 Å². The highest BCUT2D eigenvalue weighted by atomic mass is 32.2. The third kappa shape index (κ3) is 3.48. The Balaban J connectivity index is 1.83. The molecule has 0 bridgehead atoms. The molecule has 1 N–H and O–H groups in total. The molecule has 1 aromatic heterocycles. The molecule has 1 aliphatic rings. The van der Waals surface area contributed by atoms with Gasteiger partial charge in [-0.15, -0.1) is 0 Å². The Labute approximate surface area is 145 Å². The maximum absolute atomic E-state index is 12.6. The zero-order valence-corrected chi connectivity index (χ0v) is 14.9. The SMILES string of the molecule is CCn1c(SC(C)C(=O)NC2CCCC2)nc2ccccc2c1=O. The summed E-state index contributed by atoms with van der Waals surface area (Å²) in [5, 5.41) is 4.06. The second kappa shape index (κ2) is 7.38. The topological polar surface area (TPSA) is 64.0 Å². The third-order valence-corrected chi connectivity index (χ3v) is 5.59. The number of benzene rings is 1. The molecule has 0 saturated heterocycles. The molecule has 1 atom stereocenters. The Kier molecular flexibility index (Phi) is 5.23.